The smallest absolute Gasteiger partial charge is 0.421 e. The molecule has 2 amide bonds. The highest BCUT2D eigenvalue weighted by Crippen LogP contribution is 2.36. The Bertz CT molecular complexity index is 1080. The van der Waals surface area contributed by atoms with Crippen molar-refractivity contribution in [1.82, 2.24) is 20.8 Å². The number of allylic oxidation sites excluding steroid dienone is 1. The van der Waals surface area contributed by atoms with Gasteiger partial charge in [0.05, 0.1) is 11.7 Å². The van der Waals surface area contributed by atoms with E-state index in [1.165, 1.54) is 36.4 Å². The maximum Gasteiger partial charge on any atom is 0.480 e. The van der Waals surface area contributed by atoms with Gasteiger partial charge < -0.3 is 14.3 Å². The normalized spacial score (nSPS) is 20.4. The van der Waals surface area contributed by atoms with E-state index in [-0.39, 0.29) is 17.5 Å². The molecule has 0 saturated carbocycles. The van der Waals surface area contributed by atoms with E-state index in [0.29, 0.717) is 0 Å². The number of carbonyl (C=O) groups excluding carboxylic acids is 1. The van der Waals surface area contributed by atoms with E-state index >= 15 is 0 Å². The van der Waals surface area contributed by atoms with Crippen molar-refractivity contribution in [1.29, 1.82) is 0 Å². The summed E-state index contributed by atoms with van der Waals surface area (Å²) < 4.78 is 109. The monoisotopic (exact) mass is 660 g/mol. The average molecular weight is 661 g/mol. The van der Waals surface area contributed by atoms with Crippen molar-refractivity contribution in [2.24, 2.45) is 5.41 Å². The van der Waals surface area contributed by atoms with Crippen molar-refractivity contribution in [3.8, 4) is 0 Å². The van der Waals surface area contributed by atoms with Crippen LogP contribution >= 0.6 is 0 Å². The summed E-state index contributed by atoms with van der Waals surface area (Å²) in [6.45, 7) is 15.0. The maximum absolute atomic E-state index is 12.2. The zero-order chi connectivity index (χ0) is 32.6. The number of unbranched alkanes of at least 4 members (excludes halogenated alkanes) is 3. The Balaban J connectivity index is 0.000000501. The van der Waals surface area contributed by atoms with Crippen molar-refractivity contribution in [3.63, 3.8) is 0 Å². The van der Waals surface area contributed by atoms with Gasteiger partial charge in [-0.2, -0.15) is 26.3 Å². The molecule has 248 valence electrons. The number of rotatable bonds is 13. The number of hydrogen-bond donors (Lipinski definition) is 3. The second kappa shape index (κ2) is 15.3. The fraction of sp³-hybridized carbons (Fsp3) is 0.870. The van der Waals surface area contributed by atoms with E-state index in [4.69, 9.17) is 0 Å². The molecule has 1 unspecified atom stereocenters. The molecule has 2 aliphatic heterocycles. The molecule has 2 aliphatic rings. The number of alkyl halides is 6. The first-order valence-electron chi connectivity index (χ1n) is 13.6. The van der Waals surface area contributed by atoms with E-state index in [2.05, 4.69) is 56.7 Å². The number of urea groups is 1. The minimum atomic E-state index is -6.72. The Kier molecular flexibility index (Phi) is 13.9. The van der Waals surface area contributed by atoms with Gasteiger partial charge in [-0.3, -0.25) is 5.01 Å². The molecule has 0 aromatic carbocycles. The van der Waals surface area contributed by atoms with Crippen LogP contribution in [0.5, 0.6) is 0 Å². The largest absolute Gasteiger partial charge is 0.480 e. The third kappa shape index (κ3) is 11.7. The van der Waals surface area contributed by atoms with Gasteiger partial charge in [-0.05, 0) is 37.5 Å². The molecule has 0 aromatic rings. The molecule has 0 aromatic heterocycles. The first kappa shape index (κ1) is 38.2. The zero-order valence-corrected chi connectivity index (χ0v) is 26.0. The van der Waals surface area contributed by atoms with E-state index < -0.39 is 31.1 Å². The maximum atomic E-state index is 12.2. The molecular weight excluding hydrogens is 618 g/mol. The van der Waals surface area contributed by atoms with Crippen molar-refractivity contribution in [2.45, 2.75) is 96.6 Å². The predicted molar refractivity (Wildman–Crippen MR) is 144 cm³/mol. The topological polar surface area (TPSA) is 134 Å². The Morgan fingerprint density at radius 3 is 1.90 bits per heavy atom. The molecule has 0 spiro atoms. The molecule has 3 N–H and O–H groups in total. The molecule has 2 heterocycles. The fourth-order valence-corrected chi connectivity index (χ4v) is 5.58. The summed E-state index contributed by atoms with van der Waals surface area (Å²) in [5.41, 5.74) is -7.26. The van der Waals surface area contributed by atoms with Gasteiger partial charge in [-0.25, -0.2) is 26.6 Å². The molecular formula is C23H42F6N6O5S2. The lowest BCUT2D eigenvalue weighted by atomic mass is 9.87. The van der Waals surface area contributed by atoms with Crippen LogP contribution in [0.25, 0.3) is 4.13 Å². The van der Waals surface area contributed by atoms with Crippen LogP contribution in [0.1, 0.15) is 79.6 Å². The summed E-state index contributed by atoms with van der Waals surface area (Å²) in [5, 5.41) is 6.86. The quantitative estimate of drug-likeness (QED) is 0.203. The lowest BCUT2D eigenvalue weighted by molar-refractivity contribution is -0.901. The molecule has 1 fully saturated rings. The van der Waals surface area contributed by atoms with Gasteiger partial charge in [0.2, 0.25) is 0 Å². The molecule has 2 rings (SSSR count). The van der Waals surface area contributed by atoms with Crippen LogP contribution < -0.4 is 15.9 Å². The summed E-state index contributed by atoms with van der Waals surface area (Å²) in [6, 6.07) is 0.364. The first-order chi connectivity index (χ1) is 19.1. The van der Waals surface area contributed by atoms with Crippen molar-refractivity contribution in [2.75, 3.05) is 26.2 Å². The van der Waals surface area contributed by atoms with Crippen LogP contribution in [0, 0.1) is 5.41 Å². The molecule has 19 heteroatoms. The van der Waals surface area contributed by atoms with E-state index in [1.807, 2.05) is 4.90 Å². The number of hydrogen-bond acceptors (Lipinski definition) is 7. The number of nitrogens with zero attached hydrogens (tertiary/aromatic N) is 3. The Morgan fingerprint density at radius 1 is 0.905 bits per heavy atom. The number of hydrazine groups is 1. The molecule has 42 heavy (non-hydrogen) atoms. The van der Waals surface area contributed by atoms with E-state index in [1.54, 1.807) is 0 Å². The summed E-state index contributed by atoms with van der Waals surface area (Å²) in [4.78, 5) is 14.2. The molecule has 2 atom stereocenters. The molecule has 0 bridgehead atoms. The average Bonchev–Trinajstić information content (AvgIpc) is 3.40. The van der Waals surface area contributed by atoms with Crippen LogP contribution in [0.4, 0.5) is 31.1 Å². The lowest BCUT2D eigenvalue weighted by Gasteiger charge is -2.26. The van der Waals surface area contributed by atoms with Crippen LogP contribution in [-0.4, -0.2) is 76.0 Å². The minimum Gasteiger partial charge on any atom is -0.421 e. The second-order valence-corrected chi connectivity index (χ2v) is 14.5. The van der Waals surface area contributed by atoms with Crippen LogP contribution in [0.15, 0.2) is 11.9 Å². The van der Waals surface area contributed by atoms with Gasteiger partial charge >= 0.3 is 17.0 Å². The first-order valence-corrected chi connectivity index (χ1v) is 16.5. The van der Waals surface area contributed by atoms with Gasteiger partial charge in [0.25, 0.3) is 0 Å². The third-order valence-electron chi connectivity index (χ3n) is 6.43. The molecule has 1 saturated heterocycles. The Labute approximate surface area is 244 Å². The Hall–Kier alpha value is -1.83. The van der Waals surface area contributed by atoms with E-state index in [9.17, 15) is 48.0 Å². The number of sulfonamides is 2. The third-order valence-corrected chi connectivity index (χ3v) is 9.17. The van der Waals surface area contributed by atoms with Gasteiger partial charge in [0.15, 0.2) is 20.0 Å². The number of nitrogens with one attached hydrogen (secondary N) is 3. The van der Waals surface area contributed by atoms with Gasteiger partial charge in [0.1, 0.15) is 12.7 Å². The van der Waals surface area contributed by atoms with Crippen LogP contribution in [0.3, 0.4) is 0 Å². The fourth-order valence-electron chi connectivity index (χ4n) is 3.87. The van der Waals surface area contributed by atoms with Crippen molar-refractivity contribution < 1.29 is 53.0 Å². The number of amides is 2. The van der Waals surface area contributed by atoms with Crippen LogP contribution in [-0.2, 0) is 20.0 Å². The standard InChI is InChI=1S/C21H41N5O.C2F6NO4S2/c1-6-8-14-25-16-18(26(23-25)15-9-7-2)12-10-11-13-24-17-19(21(3,4)5)22-20(24)27;3-1(4,5)14(10,11)9-15(12,13)2(6,7)8/h16,19,23H,6-15,17H2,1-5H3,(H,22,27);/q;-1/p+1/t19-;/m1./s1. The van der Waals surface area contributed by atoms with Crippen LogP contribution in [0.2, 0.25) is 0 Å². The highest BCUT2D eigenvalue weighted by molar-refractivity contribution is 8.13. The highest BCUT2D eigenvalue weighted by atomic mass is 32.3. The Morgan fingerprint density at radius 2 is 1.45 bits per heavy atom. The number of quaternary nitrogens is 1. The summed E-state index contributed by atoms with van der Waals surface area (Å²) >= 11 is 0. The molecule has 0 radical (unpaired) electrons. The molecule has 0 aliphatic carbocycles. The summed E-state index contributed by atoms with van der Waals surface area (Å²) in [6.07, 6.45) is 10.6. The van der Waals surface area contributed by atoms with Crippen molar-refractivity contribution in [3.05, 3.63) is 16.0 Å². The summed E-state index contributed by atoms with van der Waals surface area (Å²) in [5.74, 6) is 0. The van der Waals surface area contributed by atoms with Gasteiger partial charge in [-0.1, -0.05) is 53.0 Å². The van der Waals surface area contributed by atoms with Gasteiger partial charge in [-0.15, -0.1) is 0 Å². The second-order valence-electron chi connectivity index (χ2n) is 11.1. The van der Waals surface area contributed by atoms with Crippen molar-refractivity contribution >= 4 is 26.1 Å². The van der Waals surface area contributed by atoms with Gasteiger partial charge in [0, 0.05) is 19.6 Å². The predicted octanol–water partition coefficient (Wildman–Crippen LogP) is 3.72. The SMILES string of the molecule is CCCCN1N[NH+](CCCC)C=C1CCCCN1C[C@H](C(C)(C)C)NC1=O.O=S(=O)([N-]S(=O)(=O)C(F)(F)F)C(F)(F)F. The van der Waals surface area contributed by atoms with E-state index in [0.717, 1.165) is 49.6 Å². The summed E-state index contributed by atoms with van der Waals surface area (Å²) in [7, 11) is -13.4. The molecule has 11 nitrogen and oxygen atoms in total. The lowest BCUT2D eigenvalue weighted by Crippen LogP contribution is -3.14. The highest BCUT2D eigenvalue weighted by Gasteiger charge is 2.47. The number of carbonyl (C=O) groups is 1. The minimum absolute atomic E-state index is 0.108. The number of halogens is 6. The zero-order valence-electron chi connectivity index (χ0n) is 24.4.